The predicted octanol–water partition coefficient (Wildman–Crippen LogP) is 9.68. The molecule has 2 aromatic carbocycles. The van der Waals surface area contributed by atoms with Crippen LogP contribution in [0.1, 0.15) is 94.6 Å². The molecule has 0 heterocycles. The van der Waals surface area contributed by atoms with E-state index < -0.39 is 0 Å². The largest absolute Gasteiger partial charge is 0.276 e. The molecule has 0 atom stereocenters. The van der Waals surface area contributed by atoms with Crippen molar-refractivity contribution in [2.75, 3.05) is 6.26 Å². The van der Waals surface area contributed by atoms with E-state index in [1.807, 2.05) is 17.8 Å². The van der Waals surface area contributed by atoms with Gasteiger partial charge in [0.05, 0.1) is 28.7 Å². The second-order valence-corrected chi connectivity index (χ2v) is 15.9. The highest BCUT2D eigenvalue weighted by Crippen LogP contribution is 2.58. The maximum Gasteiger partial charge on any atom is 0.0901 e. The minimum absolute atomic E-state index is 0.217. The summed E-state index contributed by atoms with van der Waals surface area (Å²) >= 11 is 1.89. The predicted molar refractivity (Wildman–Crippen MR) is 178 cm³/mol. The van der Waals surface area contributed by atoms with Crippen molar-refractivity contribution < 1.29 is 0 Å². The molecule has 0 N–H and O–H groups in total. The van der Waals surface area contributed by atoms with Crippen LogP contribution >= 0.6 is 11.8 Å². The number of aryl methyl sites for hydroxylation is 1. The van der Waals surface area contributed by atoms with Gasteiger partial charge in [-0.25, -0.2) is 9.98 Å². The first kappa shape index (κ1) is 28.6. The Morgan fingerprint density at radius 3 is 1.60 bits per heavy atom. The average Bonchev–Trinajstić information content (AvgIpc) is 2.97. The molecule has 8 bridgehead atoms. The summed E-state index contributed by atoms with van der Waals surface area (Å²) in [6, 6.07) is 24.3. The van der Waals surface area contributed by atoms with Crippen LogP contribution in [0, 0.1) is 35.5 Å². The zero-order valence-electron chi connectivity index (χ0n) is 25.6. The Balaban J connectivity index is 0.000000138. The van der Waals surface area contributed by atoms with Gasteiger partial charge in [0.15, 0.2) is 0 Å². The molecule has 8 fully saturated rings. The number of hydrogen-bond acceptors (Lipinski definition) is 4. The van der Waals surface area contributed by atoms with Gasteiger partial charge < -0.3 is 0 Å². The first-order valence-electron chi connectivity index (χ1n) is 16.9. The van der Waals surface area contributed by atoms with Crippen LogP contribution in [0.2, 0.25) is 0 Å². The van der Waals surface area contributed by atoms with E-state index in [0.29, 0.717) is 12.1 Å². The van der Waals surface area contributed by atoms with Gasteiger partial charge in [0.1, 0.15) is 0 Å². The second kappa shape index (κ2) is 12.4. The number of hydrogen-bond donors (Lipinski definition) is 0. The van der Waals surface area contributed by atoms with Crippen LogP contribution in [0.5, 0.6) is 0 Å². The fourth-order valence-electron chi connectivity index (χ4n) is 10.6. The minimum atomic E-state index is 0.217. The van der Waals surface area contributed by atoms with Gasteiger partial charge in [0, 0.05) is 0 Å². The lowest BCUT2D eigenvalue weighted by Crippen LogP contribution is -2.49. The van der Waals surface area contributed by atoms with Gasteiger partial charge in [0.25, 0.3) is 0 Å². The van der Waals surface area contributed by atoms with E-state index in [9.17, 15) is 0 Å². The third-order valence-corrected chi connectivity index (χ3v) is 12.3. The lowest BCUT2D eigenvalue weighted by Gasteiger charge is -2.55. The van der Waals surface area contributed by atoms with Gasteiger partial charge in [-0.15, -0.1) is 11.8 Å². The Morgan fingerprint density at radius 1 is 0.667 bits per heavy atom. The molecule has 8 saturated carbocycles. The van der Waals surface area contributed by atoms with Crippen molar-refractivity contribution in [1.29, 1.82) is 0 Å². The normalized spacial score (nSPS) is 37.1. The Hall–Kier alpha value is -2.16. The molecular weight excluding hydrogens is 531 g/mol. The summed E-state index contributed by atoms with van der Waals surface area (Å²) in [5.41, 5.74) is 3.23. The summed E-state index contributed by atoms with van der Waals surface area (Å²) in [6.45, 7) is 0.705. The molecule has 10 rings (SSSR count). The lowest BCUT2D eigenvalue weighted by atomic mass is 9.53. The van der Waals surface area contributed by atoms with Gasteiger partial charge in [0.2, 0.25) is 0 Å². The molecule has 0 unspecified atom stereocenters. The van der Waals surface area contributed by atoms with E-state index >= 15 is 0 Å². The van der Waals surface area contributed by atoms with Crippen LogP contribution in [0.4, 0.5) is 0 Å². The highest BCUT2D eigenvalue weighted by atomic mass is 32.2. The maximum atomic E-state index is 5.38. The highest BCUT2D eigenvalue weighted by molar-refractivity contribution is 8.13. The highest BCUT2D eigenvalue weighted by Gasteiger charge is 2.52. The molecule has 0 aliphatic heterocycles. The number of nitrogens with zero attached hydrogens (tertiary/aromatic N) is 3. The molecule has 2 aromatic rings. The third kappa shape index (κ3) is 6.66. The van der Waals surface area contributed by atoms with E-state index in [1.165, 1.54) is 93.2 Å². The molecule has 0 radical (unpaired) electrons. The van der Waals surface area contributed by atoms with E-state index in [2.05, 4.69) is 71.9 Å². The number of aliphatic imine (C=N–C) groups is 3. The van der Waals surface area contributed by atoms with Crippen molar-refractivity contribution in [3.05, 3.63) is 71.8 Å². The topological polar surface area (TPSA) is 37.1 Å². The van der Waals surface area contributed by atoms with Gasteiger partial charge in [-0.2, -0.15) is 0 Å². The van der Waals surface area contributed by atoms with Crippen LogP contribution in [0.15, 0.2) is 75.6 Å². The van der Waals surface area contributed by atoms with E-state index in [4.69, 9.17) is 9.98 Å². The third-order valence-electron chi connectivity index (χ3n) is 11.5. The quantitative estimate of drug-likeness (QED) is 0.238. The second-order valence-electron chi connectivity index (χ2n) is 15.0. The van der Waals surface area contributed by atoms with Crippen LogP contribution in [-0.4, -0.2) is 28.4 Å². The smallest absolute Gasteiger partial charge is 0.0901 e. The summed E-state index contributed by atoms with van der Waals surface area (Å²) < 4.78 is 0. The molecule has 0 spiro atoms. The van der Waals surface area contributed by atoms with Gasteiger partial charge in [-0.1, -0.05) is 60.7 Å². The fourth-order valence-corrected chi connectivity index (χ4v) is 11.2. The van der Waals surface area contributed by atoms with Crippen LogP contribution in [0.25, 0.3) is 0 Å². The molecule has 3 nitrogen and oxygen atoms in total. The Morgan fingerprint density at radius 2 is 1.12 bits per heavy atom. The van der Waals surface area contributed by atoms with Gasteiger partial charge in [-0.3, -0.25) is 4.99 Å². The minimum Gasteiger partial charge on any atom is -0.276 e. The lowest BCUT2D eigenvalue weighted by molar-refractivity contribution is 0.00166. The molecule has 8 aliphatic rings. The number of thioether (sulfide) groups is 1. The monoisotopic (exact) mass is 579 g/mol. The molecule has 0 aromatic heterocycles. The van der Waals surface area contributed by atoms with Gasteiger partial charge in [-0.05, 0) is 143 Å². The van der Waals surface area contributed by atoms with Gasteiger partial charge >= 0.3 is 0 Å². The van der Waals surface area contributed by atoms with E-state index in [0.717, 1.165) is 48.3 Å². The summed E-state index contributed by atoms with van der Waals surface area (Å²) in [4.78, 5) is 14.6. The van der Waals surface area contributed by atoms with Crippen LogP contribution < -0.4 is 0 Å². The summed E-state index contributed by atoms with van der Waals surface area (Å²) in [6.07, 6.45) is 21.4. The molecule has 42 heavy (non-hydrogen) atoms. The maximum absolute atomic E-state index is 5.38. The van der Waals surface area contributed by atoms with Crippen molar-refractivity contribution in [1.82, 2.24) is 0 Å². The Kier molecular flexibility index (Phi) is 8.48. The summed E-state index contributed by atoms with van der Waals surface area (Å²) in [5.74, 6) is 5.81. The SMILES string of the molecule is C(=NCc1ccccc1)=NC12CC3CC(CC(C3)C1)C2.CSC(CCc1ccccc1)=NC12CC3CC(CC(C3)C1)C2. The zero-order chi connectivity index (χ0) is 28.4. The fraction of sp³-hybridized carbons (Fsp3) is 0.632. The molecule has 0 saturated heterocycles. The summed E-state index contributed by atoms with van der Waals surface area (Å²) in [7, 11) is 0. The Bertz CT molecular complexity index is 1220. The van der Waals surface area contributed by atoms with Crippen LogP contribution in [0.3, 0.4) is 0 Å². The average molecular weight is 580 g/mol. The molecule has 0 amide bonds. The Labute approximate surface area is 258 Å². The zero-order valence-corrected chi connectivity index (χ0v) is 26.4. The van der Waals surface area contributed by atoms with Crippen molar-refractivity contribution >= 4 is 22.8 Å². The molecule has 222 valence electrons. The van der Waals surface area contributed by atoms with Crippen molar-refractivity contribution in [2.24, 2.45) is 50.5 Å². The first-order chi connectivity index (χ1) is 20.6. The van der Waals surface area contributed by atoms with E-state index in [-0.39, 0.29) is 5.54 Å². The molecule has 4 heteroatoms. The summed E-state index contributed by atoms with van der Waals surface area (Å²) in [5, 5.41) is 1.39. The van der Waals surface area contributed by atoms with Crippen molar-refractivity contribution in [2.45, 2.75) is 108 Å². The molecular formula is C38H49N3S. The van der Waals surface area contributed by atoms with E-state index in [1.54, 1.807) is 0 Å². The van der Waals surface area contributed by atoms with Crippen molar-refractivity contribution in [3.63, 3.8) is 0 Å². The van der Waals surface area contributed by atoms with Crippen molar-refractivity contribution in [3.8, 4) is 0 Å². The van der Waals surface area contributed by atoms with Crippen LogP contribution in [-0.2, 0) is 13.0 Å². The standard InChI is InChI=1S/C20H27NS.C18H22N2/c1-22-19(8-7-15-5-3-2-4-6-15)21-20-12-16-9-17(13-20)11-18(10-16)14-20;1-2-4-14(5-3-1)12-19-13-20-18-9-15-6-16(10-18)8-17(7-15)11-18/h2-6,16-18H,7-14H2,1H3;1-5,15-17H,6-12H2. The number of benzene rings is 2. The first-order valence-corrected chi connectivity index (χ1v) is 18.1. The molecule has 8 aliphatic carbocycles. The number of rotatable bonds is 7.